The number of allylic oxidation sites excluding steroid dienone is 1. The predicted molar refractivity (Wildman–Crippen MR) is 75.6 cm³/mol. The lowest BCUT2D eigenvalue weighted by Crippen LogP contribution is -2.23. The zero-order valence-electron chi connectivity index (χ0n) is 10.1. The first-order valence-electron chi connectivity index (χ1n) is 5.67. The Morgan fingerprint density at radius 1 is 1.65 bits per heavy atom. The number of hydrogen-bond acceptors (Lipinski definition) is 2. The van der Waals surface area contributed by atoms with Crippen molar-refractivity contribution in [3.8, 4) is 5.75 Å². The molecule has 1 heterocycles. The molecule has 0 saturated carbocycles. The van der Waals surface area contributed by atoms with E-state index in [0.29, 0.717) is 11.1 Å². The van der Waals surface area contributed by atoms with E-state index in [1.807, 2.05) is 6.08 Å². The van der Waals surface area contributed by atoms with E-state index in [4.69, 9.17) is 16.3 Å². The summed E-state index contributed by atoms with van der Waals surface area (Å²) in [6, 6.07) is 1.72. The molecule has 0 fully saturated rings. The van der Waals surface area contributed by atoms with Gasteiger partial charge in [0.25, 0.3) is 0 Å². The van der Waals surface area contributed by atoms with Gasteiger partial charge in [-0.25, -0.2) is 4.98 Å². The van der Waals surface area contributed by atoms with Crippen molar-refractivity contribution in [3.63, 3.8) is 0 Å². The van der Waals surface area contributed by atoms with Gasteiger partial charge in [-0.1, -0.05) is 24.6 Å². The molecule has 0 aromatic carbocycles. The zero-order chi connectivity index (χ0) is 12.8. The number of aromatic nitrogens is 1. The van der Waals surface area contributed by atoms with Gasteiger partial charge in [-0.15, -0.1) is 6.58 Å². The first-order valence-corrected chi connectivity index (χ1v) is 6.84. The SMILES string of the molecule is C=CCC(CC)C(C)Oc1cc(Cl)ncc1Br. The molecule has 0 aliphatic rings. The second-order valence-corrected chi connectivity index (χ2v) is 5.19. The van der Waals surface area contributed by atoms with Crippen LogP contribution in [0.25, 0.3) is 0 Å². The predicted octanol–water partition coefficient (Wildman–Crippen LogP) is 4.87. The third-order valence-electron chi connectivity index (χ3n) is 2.76. The van der Waals surface area contributed by atoms with E-state index in [-0.39, 0.29) is 6.10 Å². The highest BCUT2D eigenvalue weighted by Crippen LogP contribution is 2.29. The maximum atomic E-state index is 5.91. The van der Waals surface area contributed by atoms with Gasteiger partial charge < -0.3 is 4.74 Å². The van der Waals surface area contributed by atoms with Crippen LogP contribution in [-0.4, -0.2) is 11.1 Å². The Morgan fingerprint density at radius 3 is 2.94 bits per heavy atom. The van der Waals surface area contributed by atoms with Crippen LogP contribution in [0.1, 0.15) is 26.7 Å². The molecule has 0 aliphatic heterocycles. The van der Waals surface area contributed by atoms with Crippen LogP contribution in [-0.2, 0) is 0 Å². The molecule has 2 nitrogen and oxygen atoms in total. The van der Waals surface area contributed by atoms with Gasteiger partial charge in [0.15, 0.2) is 0 Å². The van der Waals surface area contributed by atoms with Crippen LogP contribution in [0.2, 0.25) is 5.15 Å². The summed E-state index contributed by atoms with van der Waals surface area (Å²) in [7, 11) is 0. The molecule has 1 aromatic rings. The average Bonchev–Trinajstić information content (AvgIpc) is 2.30. The van der Waals surface area contributed by atoms with E-state index in [1.165, 1.54) is 0 Å². The fraction of sp³-hybridized carbons (Fsp3) is 0.462. The molecule has 94 valence electrons. The summed E-state index contributed by atoms with van der Waals surface area (Å²) in [4.78, 5) is 3.97. The molecule has 2 unspecified atom stereocenters. The lowest BCUT2D eigenvalue weighted by molar-refractivity contribution is 0.148. The van der Waals surface area contributed by atoms with Gasteiger partial charge in [0.05, 0.1) is 10.6 Å². The molecule has 17 heavy (non-hydrogen) atoms. The Morgan fingerprint density at radius 2 is 2.35 bits per heavy atom. The van der Waals surface area contributed by atoms with Gasteiger partial charge in [0.2, 0.25) is 0 Å². The van der Waals surface area contributed by atoms with E-state index >= 15 is 0 Å². The first-order chi connectivity index (χ1) is 8.08. The van der Waals surface area contributed by atoms with Gasteiger partial charge in [0.1, 0.15) is 10.9 Å². The van der Waals surface area contributed by atoms with E-state index in [0.717, 1.165) is 23.1 Å². The molecule has 0 radical (unpaired) electrons. The molecule has 0 aliphatic carbocycles. The van der Waals surface area contributed by atoms with Crippen LogP contribution < -0.4 is 4.74 Å². The first kappa shape index (κ1) is 14.5. The largest absolute Gasteiger partial charge is 0.489 e. The van der Waals surface area contributed by atoms with Gasteiger partial charge in [0, 0.05) is 12.3 Å². The molecular formula is C13H17BrClNO. The molecule has 0 N–H and O–H groups in total. The lowest BCUT2D eigenvalue weighted by Gasteiger charge is -2.23. The summed E-state index contributed by atoms with van der Waals surface area (Å²) >= 11 is 9.25. The normalized spacial score (nSPS) is 14.1. The molecule has 2 atom stereocenters. The molecular weight excluding hydrogens is 302 g/mol. The Hall–Kier alpha value is -0.540. The minimum absolute atomic E-state index is 0.118. The van der Waals surface area contributed by atoms with Crippen molar-refractivity contribution >= 4 is 27.5 Å². The Balaban J connectivity index is 2.75. The van der Waals surface area contributed by atoms with Crippen molar-refractivity contribution in [3.05, 3.63) is 34.5 Å². The highest BCUT2D eigenvalue weighted by atomic mass is 79.9. The second kappa shape index (κ2) is 7.02. The monoisotopic (exact) mass is 317 g/mol. The molecule has 4 heteroatoms. The van der Waals surface area contributed by atoms with Crippen LogP contribution in [0.3, 0.4) is 0 Å². The summed E-state index contributed by atoms with van der Waals surface area (Å²) in [5, 5.41) is 0.437. The molecule has 0 saturated heterocycles. The Kier molecular flexibility index (Phi) is 6.00. The summed E-state index contributed by atoms with van der Waals surface area (Å²) in [5.41, 5.74) is 0. The highest BCUT2D eigenvalue weighted by molar-refractivity contribution is 9.10. The van der Waals surface area contributed by atoms with Crippen molar-refractivity contribution in [2.75, 3.05) is 0 Å². The van der Waals surface area contributed by atoms with Gasteiger partial charge in [-0.2, -0.15) is 0 Å². The zero-order valence-corrected chi connectivity index (χ0v) is 12.5. The number of hydrogen-bond donors (Lipinski definition) is 0. The van der Waals surface area contributed by atoms with E-state index in [2.05, 4.69) is 41.3 Å². The average molecular weight is 319 g/mol. The van der Waals surface area contributed by atoms with Crippen molar-refractivity contribution < 1.29 is 4.74 Å². The van der Waals surface area contributed by atoms with Gasteiger partial charge in [-0.3, -0.25) is 0 Å². The minimum Gasteiger partial charge on any atom is -0.489 e. The number of ether oxygens (including phenoxy) is 1. The molecule has 0 bridgehead atoms. The maximum Gasteiger partial charge on any atom is 0.138 e. The number of nitrogens with zero attached hydrogens (tertiary/aromatic N) is 1. The smallest absolute Gasteiger partial charge is 0.138 e. The third-order valence-corrected chi connectivity index (χ3v) is 3.56. The standard InChI is InChI=1S/C13H17BrClNO/c1-4-6-10(5-2)9(3)17-12-7-13(15)16-8-11(12)14/h4,7-10H,1,5-6H2,2-3H3. The van der Waals surface area contributed by atoms with Crippen molar-refractivity contribution in [2.45, 2.75) is 32.8 Å². The summed E-state index contributed by atoms with van der Waals surface area (Å²) in [5.74, 6) is 1.20. The summed E-state index contributed by atoms with van der Waals surface area (Å²) < 4.78 is 6.73. The fourth-order valence-corrected chi connectivity index (χ4v) is 2.15. The van der Waals surface area contributed by atoms with Gasteiger partial charge in [-0.05, 0) is 41.6 Å². The molecule has 1 aromatic heterocycles. The van der Waals surface area contributed by atoms with Crippen molar-refractivity contribution in [1.29, 1.82) is 0 Å². The van der Waals surface area contributed by atoms with Crippen LogP contribution in [0.15, 0.2) is 29.4 Å². The maximum absolute atomic E-state index is 5.91. The minimum atomic E-state index is 0.118. The Labute approximate surface area is 116 Å². The van der Waals surface area contributed by atoms with E-state index in [9.17, 15) is 0 Å². The van der Waals surface area contributed by atoms with E-state index in [1.54, 1.807) is 12.3 Å². The van der Waals surface area contributed by atoms with Crippen LogP contribution >= 0.6 is 27.5 Å². The van der Waals surface area contributed by atoms with Crippen molar-refractivity contribution in [2.24, 2.45) is 5.92 Å². The molecule has 0 spiro atoms. The van der Waals surface area contributed by atoms with Crippen LogP contribution in [0.5, 0.6) is 5.75 Å². The third kappa shape index (κ3) is 4.32. The van der Waals surface area contributed by atoms with Crippen LogP contribution in [0.4, 0.5) is 0 Å². The van der Waals surface area contributed by atoms with Gasteiger partial charge >= 0.3 is 0 Å². The molecule has 1 rings (SSSR count). The Bertz CT molecular complexity index is 384. The molecule has 0 amide bonds. The highest BCUT2D eigenvalue weighted by Gasteiger charge is 2.17. The lowest BCUT2D eigenvalue weighted by atomic mass is 9.97. The number of rotatable bonds is 6. The fourth-order valence-electron chi connectivity index (χ4n) is 1.69. The van der Waals surface area contributed by atoms with E-state index < -0.39 is 0 Å². The number of pyridine rings is 1. The quantitative estimate of drug-likeness (QED) is 0.551. The summed E-state index contributed by atoms with van der Waals surface area (Å²) in [6.45, 7) is 8.00. The topological polar surface area (TPSA) is 22.1 Å². The van der Waals surface area contributed by atoms with Crippen LogP contribution in [0, 0.1) is 5.92 Å². The second-order valence-electron chi connectivity index (χ2n) is 3.95. The van der Waals surface area contributed by atoms with Crippen molar-refractivity contribution in [1.82, 2.24) is 4.98 Å². The number of halogens is 2. The summed E-state index contributed by atoms with van der Waals surface area (Å²) in [6.07, 6.45) is 5.71.